The second-order valence-electron chi connectivity index (χ2n) is 8.07. The van der Waals surface area contributed by atoms with E-state index in [0.29, 0.717) is 13.3 Å². The van der Waals surface area contributed by atoms with Gasteiger partial charge in [-0.2, -0.15) is 0 Å². The molecule has 0 unspecified atom stereocenters. The van der Waals surface area contributed by atoms with Crippen molar-refractivity contribution in [3.8, 4) is 17.2 Å². The first-order chi connectivity index (χ1) is 16.3. The molecule has 9 nitrogen and oxygen atoms in total. The third-order valence-corrected chi connectivity index (χ3v) is 5.87. The maximum Gasteiger partial charge on any atom is 0.231 e. The van der Waals surface area contributed by atoms with E-state index in [1.54, 1.807) is 6.33 Å². The first-order valence-corrected chi connectivity index (χ1v) is 11.4. The molecule has 0 aliphatic carbocycles. The van der Waals surface area contributed by atoms with Crippen molar-refractivity contribution in [1.29, 1.82) is 0 Å². The van der Waals surface area contributed by atoms with Gasteiger partial charge in [-0.1, -0.05) is 24.3 Å². The van der Waals surface area contributed by atoms with Crippen molar-refractivity contribution < 1.29 is 9.47 Å². The Morgan fingerprint density at radius 1 is 1.03 bits per heavy atom. The first-order valence-electron chi connectivity index (χ1n) is 11.4. The van der Waals surface area contributed by atoms with E-state index in [2.05, 4.69) is 44.4 Å². The number of fused-ring (bicyclic) bond motifs is 1. The summed E-state index contributed by atoms with van der Waals surface area (Å²) in [5.74, 6) is 3.41. The van der Waals surface area contributed by atoms with Gasteiger partial charge in [0.25, 0.3) is 0 Å². The monoisotopic (exact) mass is 447 g/mol. The van der Waals surface area contributed by atoms with Gasteiger partial charge in [0.15, 0.2) is 23.3 Å². The number of para-hydroxylation sites is 1. The lowest BCUT2D eigenvalue weighted by molar-refractivity contribution is 0.171. The molecule has 33 heavy (non-hydrogen) atoms. The van der Waals surface area contributed by atoms with Crippen LogP contribution in [0.5, 0.6) is 11.5 Å². The van der Waals surface area contributed by atoms with Crippen LogP contribution < -0.4 is 14.8 Å². The molecule has 1 aromatic heterocycles. The third-order valence-electron chi connectivity index (χ3n) is 5.87. The summed E-state index contributed by atoms with van der Waals surface area (Å²) >= 11 is 0. The summed E-state index contributed by atoms with van der Waals surface area (Å²) in [5, 5.41) is 11.8. The topological polar surface area (TPSA) is 80.0 Å². The zero-order valence-corrected chi connectivity index (χ0v) is 18.9. The Bertz CT molecular complexity index is 1090. The van der Waals surface area contributed by atoms with Crippen LogP contribution in [0.15, 0.2) is 59.9 Å². The Morgan fingerprint density at radius 2 is 1.85 bits per heavy atom. The second kappa shape index (κ2) is 9.91. The van der Waals surface area contributed by atoms with Gasteiger partial charge in [-0.05, 0) is 36.8 Å². The fourth-order valence-corrected chi connectivity index (χ4v) is 4.16. The highest BCUT2D eigenvalue weighted by atomic mass is 16.7. The molecule has 0 amide bonds. The van der Waals surface area contributed by atoms with Gasteiger partial charge >= 0.3 is 0 Å². The highest BCUT2D eigenvalue weighted by Crippen LogP contribution is 2.32. The molecule has 2 aliphatic rings. The second-order valence-corrected chi connectivity index (χ2v) is 8.07. The van der Waals surface area contributed by atoms with Crippen LogP contribution in [0.3, 0.4) is 0 Å². The quantitative estimate of drug-likeness (QED) is 0.459. The van der Waals surface area contributed by atoms with E-state index in [0.717, 1.165) is 68.2 Å². The van der Waals surface area contributed by atoms with Crippen molar-refractivity contribution in [3.63, 3.8) is 0 Å². The summed E-state index contributed by atoms with van der Waals surface area (Å²) in [5.41, 5.74) is 2.28. The molecule has 5 rings (SSSR count). The van der Waals surface area contributed by atoms with E-state index in [1.165, 1.54) is 5.56 Å². The molecular formula is C24H29N7O2. The fraction of sp³-hybridized carbons (Fsp3) is 0.375. The molecule has 0 bridgehead atoms. The standard InChI is InChI=1S/C24H29N7O2/c1-2-25-24(26-15-23-28-27-17-31(23)20-6-4-3-5-7-20)30-12-10-29(11-13-30)16-19-8-9-21-22(14-19)33-18-32-21/h3-9,14,17H,2,10-13,15-16,18H2,1H3,(H,25,26). The molecule has 2 aromatic carbocycles. The van der Waals surface area contributed by atoms with E-state index in [4.69, 9.17) is 14.5 Å². The number of nitrogens with one attached hydrogen (secondary N) is 1. The van der Waals surface area contributed by atoms with Gasteiger partial charge in [0.05, 0.1) is 0 Å². The SMILES string of the molecule is CCNC(=NCc1nncn1-c1ccccc1)N1CCN(Cc2ccc3c(c2)OCO3)CC1. The lowest BCUT2D eigenvalue weighted by Gasteiger charge is -2.36. The van der Waals surface area contributed by atoms with Gasteiger partial charge in [-0.15, -0.1) is 10.2 Å². The fourth-order valence-electron chi connectivity index (χ4n) is 4.16. The summed E-state index contributed by atoms with van der Waals surface area (Å²) in [6.07, 6.45) is 1.74. The van der Waals surface area contributed by atoms with Crippen LogP contribution >= 0.6 is 0 Å². The molecule has 0 radical (unpaired) electrons. The number of hydrogen-bond acceptors (Lipinski definition) is 6. The van der Waals surface area contributed by atoms with E-state index < -0.39 is 0 Å². The summed E-state index contributed by atoms with van der Waals surface area (Å²) in [4.78, 5) is 9.66. The van der Waals surface area contributed by atoms with Crippen molar-refractivity contribution in [3.05, 3.63) is 66.2 Å². The molecule has 1 N–H and O–H groups in total. The third kappa shape index (κ3) is 4.93. The number of aliphatic imine (C=N–C) groups is 1. The van der Waals surface area contributed by atoms with Crippen molar-refractivity contribution in [2.75, 3.05) is 39.5 Å². The Labute approximate surface area is 193 Å². The van der Waals surface area contributed by atoms with Crippen LogP contribution in [0.2, 0.25) is 0 Å². The summed E-state index contributed by atoms with van der Waals surface area (Å²) in [7, 11) is 0. The number of piperazine rings is 1. The Morgan fingerprint density at radius 3 is 2.67 bits per heavy atom. The normalized spacial score (nSPS) is 16.3. The molecule has 0 atom stereocenters. The smallest absolute Gasteiger partial charge is 0.231 e. The van der Waals surface area contributed by atoms with E-state index >= 15 is 0 Å². The van der Waals surface area contributed by atoms with Gasteiger partial charge in [-0.3, -0.25) is 9.47 Å². The van der Waals surface area contributed by atoms with E-state index in [9.17, 15) is 0 Å². The van der Waals surface area contributed by atoms with E-state index in [-0.39, 0.29) is 0 Å². The number of ether oxygens (including phenoxy) is 2. The zero-order valence-electron chi connectivity index (χ0n) is 18.9. The van der Waals surface area contributed by atoms with Crippen molar-refractivity contribution in [2.24, 2.45) is 4.99 Å². The van der Waals surface area contributed by atoms with Crippen LogP contribution in [-0.4, -0.2) is 70.0 Å². The molecule has 1 saturated heterocycles. The molecule has 172 valence electrons. The van der Waals surface area contributed by atoms with Gasteiger partial charge in [0, 0.05) is 45.0 Å². The Kier molecular flexibility index (Phi) is 6.39. The maximum atomic E-state index is 5.51. The van der Waals surface area contributed by atoms with Crippen LogP contribution in [0.1, 0.15) is 18.3 Å². The van der Waals surface area contributed by atoms with Crippen LogP contribution in [-0.2, 0) is 13.1 Å². The van der Waals surface area contributed by atoms with Gasteiger partial charge in [0.2, 0.25) is 6.79 Å². The molecule has 3 heterocycles. The number of nitrogens with zero attached hydrogens (tertiary/aromatic N) is 6. The average molecular weight is 448 g/mol. The lowest BCUT2D eigenvalue weighted by Crippen LogP contribution is -2.52. The lowest BCUT2D eigenvalue weighted by atomic mass is 10.1. The molecule has 2 aliphatic heterocycles. The highest BCUT2D eigenvalue weighted by molar-refractivity contribution is 5.80. The predicted octanol–water partition coefficient (Wildman–Crippen LogP) is 2.28. The highest BCUT2D eigenvalue weighted by Gasteiger charge is 2.21. The predicted molar refractivity (Wildman–Crippen MR) is 126 cm³/mol. The Balaban J connectivity index is 1.20. The van der Waals surface area contributed by atoms with Crippen molar-refractivity contribution in [1.82, 2.24) is 29.9 Å². The minimum absolute atomic E-state index is 0.311. The minimum Gasteiger partial charge on any atom is -0.454 e. The molecule has 1 fully saturated rings. The largest absolute Gasteiger partial charge is 0.454 e. The summed E-state index contributed by atoms with van der Waals surface area (Å²) < 4.78 is 12.9. The average Bonchev–Trinajstić information content (AvgIpc) is 3.52. The number of guanidine groups is 1. The molecule has 0 saturated carbocycles. The minimum atomic E-state index is 0.311. The number of hydrogen-bond donors (Lipinski definition) is 1. The molecule has 9 heteroatoms. The molecule has 3 aromatic rings. The first kappa shape index (κ1) is 21.3. The molecule has 0 spiro atoms. The summed E-state index contributed by atoms with van der Waals surface area (Å²) in [6.45, 7) is 8.37. The molecular weight excluding hydrogens is 418 g/mol. The van der Waals surface area contributed by atoms with Crippen LogP contribution in [0.25, 0.3) is 5.69 Å². The van der Waals surface area contributed by atoms with Crippen LogP contribution in [0.4, 0.5) is 0 Å². The number of aromatic nitrogens is 3. The zero-order chi connectivity index (χ0) is 22.5. The van der Waals surface area contributed by atoms with Gasteiger partial charge in [-0.25, -0.2) is 4.99 Å². The maximum absolute atomic E-state index is 5.51. The van der Waals surface area contributed by atoms with E-state index in [1.807, 2.05) is 41.0 Å². The van der Waals surface area contributed by atoms with Crippen LogP contribution in [0, 0.1) is 0 Å². The van der Waals surface area contributed by atoms with Crippen molar-refractivity contribution >= 4 is 5.96 Å². The summed E-state index contributed by atoms with van der Waals surface area (Å²) in [6, 6.07) is 16.3. The Hall–Kier alpha value is -3.59. The van der Waals surface area contributed by atoms with Gasteiger partial charge in [0.1, 0.15) is 12.9 Å². The number of benzene rings is 2. The van der Waals surface area contributed by atoms with Gasteiger partial charge < -0.3 is 19.7 Å². The van der Waals surface area contributed by atoms with Crippen molar-refractivity contribution in [2.45, 2.75) is 20.0 Å². The number of rotatable bonds is 6.